The first kappa shape index (κ1) is 22.6. The van der Waals surface area contributed by atoms with Crippen LogP contribution in [0.5, 0.6) is 5.75 Å². The number of thiophene rings is 1. The Bertz CT molecular complexity index is 943. The van der Waals surface area contributed by atoms with E-state index < -0.39 is 18.2 Å². The van der Waals surface area contributed by atoms with Crippen LogP contribution in [-0.4, -0.2) is 48.7 Å². The third kappa shape index (κ3) is 5.35. The quantitative estimate of drug-likeness (QED) is 0.650. The second-order valence-corrected chi connectivity index (χ2v) is 7.97. The second kappa shape index (κ2) is 10.3. The molecule has 1 aromatic heterocycles. The SMILES string of the molecule is CCOC(=O)c1c(NC(=O)C(C)Oc2ccccc2)sc2c1CCN(C(=O)OCC)C2. The van der Waals surface area contributed by atoms with Crippen LogP contribution in [0.1, 0.15) is 41.6 Å². The summed E-state index contributed by atoms with van der Waals surface area (Å²) in [7, 11) is 0. The number of ether oxygens (including phenoxy) is 3. The number of fused-ring (bicyclic) bond motifs is 1. The molecule has 2 heterocycles. The monoisotopic (exact) mass is 446 g/mol. The maximum absolute atomic E-state index is 12.8. The fourth-order valence-electron chi connectivity index (χ4n) is 3.25. The van der Waals surface area contributed by atoms with Gasteiger partial charge in [0.05, 0.1) is 25.3 Å². The minimum atomic E-state index is -0.771. The van der Waals surface area contributed by atoms with Crippen molar-refractivity contribution in [3.05, 3.63) is 46.3 Å². The molecule has 0 aliphatic carbocycles. The Kier molecular flexibility index (Phi) is 7.51. The maximum atomic E-state index is 12.8. The van der Waals surface area contributed by atoms with Crippen LogP contribution in [0.2, 0.25) is 0 Å². The number of nitrogens with zero attached hydrogens (tertiary/aromatic N) is 1. The maximum Gasteiger partial charge on any atom is 0.410 e. The molecule has 2 amide bonds. The van der Waals surface area contributed by atoms with Crippen molar-refractivity contribution in [2.75, 3.05) is 25.1 Å². The molecule has 0 spiro atoms. The number of nitrogens with one attached hydrogen (secondary N) is 1. The Morgan fingerprint density at radius 2 is 1.84 bits per heavy atom. The van der Waals surface area contributed by atoms with Crippen molar-refractivity contribution in [2.45, 2.75) is 39.8 Å². The van der Waals surface area contributed by atoms with E-state index in [1.807, 2.05) is 18.2 Å². The smallest absolute Gasteiger partial charge is 0.410 e. The van der Waals surface area contributed by atoms with E-state index in [0.29, 0.717) is 42.4 Å². The molecule has 1 atom stereocenters. The lowest BCUT2D eigenvalue weighted by Gasteiger charge is -2.26. The van der Waals surface area contributed by atoms with Gasteiger partial charge in [-0.2, -0.15) is 0 Å². The lowest BCUT2D eigenvalue weighted by Crippen LogP contribution is -2.36. The molecule has 0 radical (unpaired) electrons. The van der Waals surface area contributed by atoms with Crippen molar-refractivity contribution in [1.29, 1.82) is 0 Å². The molecule has 3 rings (SSSR count). The Balaban J connectivity index is 1.81. The third-order valence-corrected chi connectivity index (χ3v) is 5.86. The first-order valence-corrected chi connectivity index (χ1v) is 11.0. The summed E-state index contributed by atoms with van der Waals surface area (Å²) in [6, 6.07) is 9.03. The van der Waals surface area contributed by atoms with Crippen LogP contribution in [-0.2, 0) is 27.2 Å². The van der Waals surface area contributed by atoms with Gasteiger partial charge in [0.15, 0.2) is 6.10 Å². The number of hydrogen-bond acceptors (Lipinski definition) is 7. The highest BCUT2D eigenvalue weighted by atomic mass is 32.1. The molecule has 0 saturated carbocycles. The van der Waals surface area contributed by atoms with Gasteiger partial charge in [0.2, 0.25) is 0 Å². The van der Waals surface area contributed by atoms with E-state index in [1.54, 1.807) is 37.8 Å². The number of carbonyl (C=O) groups is 3. The van der Waals surface area contributed by atoms with Crippen molar-refractivity contribution >= 4 is 34.3 Å². The molecule has 1 aliphatic heterocycles. The molecule has 31 heavy (non-hydrogen) atoms. The minimum absolute atomic E-state index is 0.222. The van der Waals surface area contributed by atoms with Gasteiger partial charge in [-0.15, -0.1) is 11.3 Å². The predicted octanol–water partition coefficient (Wildman–Crippen LogP) is 3.85. The van der Waals surface area contributed by atoms with Crippen molar-refractivity contribution < 1.29 is 28.6 Å². The number of benzene rings is 1. The molecule has 0 bridgehead atoms. The van der Waals surface area contributed by atoms with Crippen molar-refractivity contribution in [3.63, 3.8) is 0 Å². The topological polar surface area (TPSA) is 94.2 Å². The van der Waals surface area contributed by atoms with Gasteiger partial charge in [0, 0.05) is 11.4 Å². The molecule has 1 unspecified atom stereocenters. The van der Waals surface area contributed by atoms with E-state index in [-0.39, 0.29) is 12.5 Å². The van der Waals surface area contributed by atoms with Crippen molar-refractivity contribution in [3.8, 4) is 5.75 Å². The molecular weight excluding hydrogens is 420 g/mol. The molecule has 9 heteroatoms. The summed E-state index contributed by atoms with van der Waals surface area (Å²) in [6.45, 7) is 6.38. The van der Waals surface area contributed by atoms with Crippen molar-refractivity contribution in [2.24, 2.45) is 0 Å². The molecule has 0 fully saturated rings. The number of amides is 2. The van der Waals surface area contributed by atoms with Gasteiger partial charge in [-0.3, -0.25) is 4.79 Å². The molecule has 1 aromatic carbocycles. The summed E-state index contributed by atoms with van der Waals surface area (Å²) in [5.74, 6) is -0.293. The molecule has 0 saturated heterocycles. The number of para-hydroxylation sites is 1. The lowest BCUT2D eigenvalue weighted by molar-refractivity contribution is -0.122. The number of rotatable bonds is 7. The Hall–Kier alpha value is -3.07. The van der Waals surface area contributed by atoms with Gasteiger partial charge in [0.1, 0.15) is 10.8 Å². The Labute approximate surface area is 185 Å². The Morgan fingerprint density at radius 1 is 1.13 bits per heavy atom. The first-order chi connectivity index (χ1) is 14.9. The molecular formula is C22H26N2O6S. The van der Waals surface area contributed by atoms with Gasteiger partial charge in [-0.1, -0.05) is 18.2 Å². The van der Waals surface area contributed by atoms with E-state index in [2.05, 4.69) is 5.32 Å². The highest BCUT2D eigenvalue weighted by molar-refractivity contribution is 7.17. The summed E-state index contributed by atoms with van der Waals surface area (Å²) in [4.78, 5) is 39.9. The van der Waals surface area contributed by atoms with Gasteiger partial charge in [-0.25, -0.2) is 9.59 Å². The number of anilines is 1. The summed E-state index contributed by atoms with van der Waals surface area (Å²) >= 11 is 1.27. The van der Waals surface area contributed by atoms with E-state index in [1.165, 1.54) is 11.3 Å². The number of hydrogen-bond donors (Lipinski definition) is 1. The molecule has 2 aromatic rings. The summed E-state index contributed by atoms with van der Waals surface area (Å²) < 4.78 is 16.0. The van der Waals surface area contributed by atoms with Crippen LogP contribution in [0, 0.1) is 0 Å². The van der Waals surface area contributed by atoms with Gasteiger partial charge in [-0.05, 0) is 44.9 Å². The lowest BCUT2D eigenvalue weighted by atomic mass is 10.0. The molecule has 166 valence electrons. The zero-order chi connectivity index (χ0) is 22.4. The molecule has 1 N–H and O–H groups in total. The largest absolute Gasteiger partial charge is 0.481 e. The van der Waals surface area contributed by atoms with Gasteiger partial charge < -0.3 is 24.4 Å². The van der Waals surface area contributed by atoms with Gasteiger partial charge in [0.25, 0.3) is 5.91 Å². The normalized spacial score (nSPS) is 13.7. The van der Waals surface area contributed by atoms with Crippen molar-refractivity contribution in [1.82, 2.24) is 4.90 Å². The summed E-state index contributed by atoms with van der Waals surface area (Å²) in [5.41, 5.74) is 1.15. The highest BCUT2D eigenvalue weighted by Gasteiger charge is 2.32. The first-order valence-electron chi connectivity index (χ1n) is 10.2. The second-order valence-electron chi connectivity index (χ2n) is 6.86. The van der Waals surface area contributed by atoms with E-state index in [0.717, 1.165) is 10.4 Å². The molecule has 1 aliphatic rings. The summed E-state index contributed by atoms with van der Waals surface area (Å²) in [5, 5.41) is 3.22. The van der Waals surface area contributed by atoms with Crippen LogP contribution >= 0.6 is 11.3 Å². The van der Waals surface area contributed by atoms with Crippen LogP contribution in [0.3, 0.4) is 0 Å². The van der Waals surface area contributed by atoms with Crippen LogP contribution in [0.4, 0.5) is 9.80 Å². The number of esters is 1. The average Bonchev–Trinajstić information content (AvgIpc) is 3.11. The number of carbonyl (C=O) groups excluding carboxylic acids is 3. The Morgan fingerprint density at radius 3 is 2.52 bits per heavy atom. The standard InChI is InChI=1S/C22H26N2O6S/c1-4-28-21(26)18-16-11-12-24(22(27)29-5-2)13-17(16)31-20(18)23-19(25)14(3)30-15-9-7-6-8-10-15/h6-10,14H,4-5,11-13H2,1-3H3,(H,23,25). The zero-order valence-electron chi connectivity index (χ0n) is 17.8. The van der Waals surface area contributed by atoms with E-state index in [4.69, 9.17) is 14.2 Å². The average molecular weight is 447 g/mol. The van der Waals surface area contributed by atoms with E-state index >= 15 is 0 Å². The van der Waals surface area contributed by atoms with E-state index in [9.17, 15) is 14.4 Å². The third-order valence-electron chi connectivity index (χ3n) is 4.72. The highest BCUT2D eigenvalue weighted by Crippen LogP contribution is 2.38. The fourth-order valence-corrected chi connectivity index (χ4v) is 4.51. The molecule has 8 nitrogen and oxygen atoms in total. The van der Waals surface area contributed by atoms with Crippen LogP contribution < -0.4 is 10.1 Å². The van der Waals surface area contributed by atoms with Crippen LogP contribution in [0.25, 0.3) is 0 Å². The van der Waals surface area contributed by atoms with Gasteiger partial charge >= 0.3 is 12.1 Å². The zero-order valence-corrected chi connectivity index (χ0v) is 18.6. The minimum Gasteiger partial charge on any atom is -0.481 e. The summed E-state index contributed by atoms with van der Waals surface area (Å²) in [6.07, 6.45) is -0.688. The van der Waals surface area contributed by atoms with Crippen LogP contribution in [0.15, 0.2) is 30.3 Å². The fraction of sp³-hybridized carbons (Fsp3) is 0.409. The predicted molar refractivity (Wildman–Crippen MR) is 117 cm³/mol.